The SMILES string of the molecule is CO[C@H]1CC(S(=O)(=O)c2ccc(-n3cc(C)cn3)cc2Cl)C[C@@H]1C(=O)NC1(C#N)CC1. The van der Waals surface area contributed by atoms with E-state index in [0.29, 0.717) is 18.5 Å². The molecule has 1 aromatic heterocycles. The molecule has 2 aliphatic carbocycles. The van der Waals surface area contributed by atoms with E-state index in [-0.39, 0.29) is 28.7 Å². The van der Waals surface area contributed by atoms with Crippen LogP contribution in [0.4, 0.5) is 0 Å². The summed E-state index contributed by atoms with van der Waals surface area (Å²) in [7, 11) is -2.33. The molecule has 0 radical (unpaired) electrons. The van der Waals surface area contributed by atoms with Crippen LogP contribution in [0.3, 0.4) is 0 Å². The third-order valence-electron chi connectivity index (χ3n) is 6.06. The van der Waals surface area contributed by atoms with Crippen LogP contribution in [0.2, 0.25) is 5.02 Å². The number of ether oxygens (including phenoxy) is 1. The highest BCUT2D eigenvalue weighted by molar-refractivity contribution is 7.92. The van der Waals surface area contributed by atoms with Crippen molar-refractivity contribution < 1.29 is 17.9 Å². The fourth-order valence-electron chi connectivity index (χ4n) is 4.06. The van der Waals surface area contributed by atoms with Crippen molar-refractivity contribution in [2.24, 2.45) is 5.92 Å². The van der Waals surface area contributed by atoms with Gasteiger partial charge in [-0.15, -0.1) is 0 Å². The van der Waals surface area contributed by atoms with E-state index < -0.39 is 32.6 Å². The molecule has 31 heavy (non-hydrogen) atoms. The lowest BCUT2D eigenvalue weighted by Gasteiger charge is -2.19. The van der Waals surface area contributed by atoms with Crippen LogP contribution in [0.1, 0.15) is 31.2 Å². The molecule has 1 N–H and O–H groups in total. The van der Waals surface area contributed by atoms with Crippen molar-refractivity contribution in [3.05, 3.63) is 41.2 Å². The smallest absolute Gasteiger partial charge is 0.227 e. The molecule has 1 amide bonds. The molecule has 0 bridgehead atoms. The topological polar surface area (TPSA) is 114 Å². The zero-order chi connectivity index (χ0) is 22.4. The number of nitrogens with one attached hydrogen (secondary N) is 1. The van der Waals surface area contributed by atoms with Gasteiger partial charge in [0, 0.05) is 13.3 Å². The third kappa shape index (κ3) is 4.07. The van der Waals surface area contributed by atoms with E-state index in [1.807, 2.05) is 13.1 Å². The number of nitriles is 1. The molecule has 2 saturated carbocycles. The molecule has 0 spiro atoms. The Balaban J connectivity index is 1.56. The largest absolute Gasteiger partial charge is 0.381 e. The van der Waals surface area contributed by atoms with Gasteiger partial charge < -0.3 is 10.1 Å². The molecular weight excluding hydrogens is 440 g/mol. The van der Waals surface area contributed by atoms with Crippen molar-refractivity contribution in [3.8, 4) is 11.8 Å². The lowest BCUT2D eigenvalue weighted by molar-refractivity contribution is -0.128. The molecule has 1 aromatic carbocycles. The minimum absolute atomic E-state index is 0.0263. The van der Waals surface area contributed by atoms with Gasteiger partial charge in [-0.25, -0.2) is 13.1 Å². The molecule has 0 aliphatic heterocycles. The maximum Gasteiger partial charge on any atom is 0.227 e. The van der Waals surface area contributed by atoms with Crippen molar-refractivity contribution in [1.29, 1.82) is 5.26 Å². The molecule has 1 heterocycles. The molecule has 0 saturated heterocycles. The van der Waals surface area contributed by atoms with E-state index in [1.54, 1.807) is 23.0 Å². The van der Waals surface area contributed by atoms with E-state index in [1.165, 1.54) is 13.2 Å². The second kappa shape index (κ2) is 7.93. The summed E-state index contributed by atoms with van der Waals surface area (Å²) in [6.07, 6.45) is 4.50. The Morgan fingerprint density at radius 2 is 2.13 bits per heavy atom. The van der Waals surface area contributed by atoms with Gasteiger partial charge in [-0.2, -0.15) is 10.4 Å². The van der Waals surface area contributed by atoms with Gasteiger partial charge in [0.25, 0.3) is 0 Å². The lowest BCUT2D eigenvalue weighted by Crippen LogP contribution is -2.42. The number of sulfone groups is 1. The lowest BCUT2D eigenvalue weighted by atomic mass is 10.0. The highest BCUT2D eigenvalue weighted by Gasteiger charge is 2.50. The zero-order valence-corrected chi connectivity index (χ0v) is 18.8. The molecule has 3 atom stereocenters. The fourth-order valence-corrected chi connectivity index (χ4v) is 6.41. The minimum Gasteiger partial charge on any atom is -0.381 e. The van der Waals surface area contributed by atoms with Crippen molar-refractivity contribution >= 4 is 27.3 Å². The number of hydrogen-bond donors (Lipinski definition) is 1. The van der Waals surface area contributed by atoms with Crippen LogP contribution >= 0.6 is 11.6 Å². The predicted octanol–water partition coefficient (Wildman–Crippen LogP) is 2.57. The number of amides is 1. The second-order valence-electron chi connectivity index (χ2n) is 8.28. The first-order valence-corrected chi connectivity index (χ1v) is 11.9. The number of methoxy groups -OCH3 is 1. The van der Waals surface area contributed by atoms with Gasteiger partial charge in [0.1, 0.15) is 5.54 Å². The molecule has 2 aliphatic rings. The number of aryl methyl sites for hydroxylation is 1. The summed E-state index contributed by atoms with van der Waals surface area (Å²) in [5.41, 5.74) is 0.816. The van der Waals surface area contributed by atoms with Crippen molar-refractivity contribution in [1.82, 2.24) is 15.1 Å². The Kier molecular flexibility index (Phi) is 5.58. The van der Waals surface area contributed by atoms with Crippen LogP contribution in [0.25, 0.3) is 5.69 Å². The van der Waals surface area contributed by atoms with E-state index >= 15 is 0 Å². The first kappa shape index (κ1) is 21.8. The summed E-state index contributed by atoms with van der Waals surface area (Å²) in [5, 5.41) is 15.5. The summed E-state index contributed by atoms with van der Waals surface area (Å²) >= 11 is 6.37. The Morgan fingerprint density at radius 1 is 1.39 bits per heavy atom. The quantitative estimate of drug-likeness (QED) is 0.705. The van der Waals surface area contributed by atoms with Crippen molar-refractivity contribution in [2.45, 2.75) is 54.4 Å². The summed E-state index contributed by atoms with van der Waals surface area (Å²) in [5.74, 6) is -0.972. The van der Waals surface area contributed by atoms with Crippen LogP contribution < -0.4 is 5.32 Å². The second-order valence-corrected chi connectivity index (χ2v) is 10.9. The molecule has 2 aromatic rings. The number of hydrogen-bond acceptors (Lipinski definition) is 6. The molecule has 10 heteroatoms. The summed E-state index contributed by atoms with van der Waals surface area (Å²) in [4.78, 5) is 12.8. The Labute approximate surface area is 186 Å². The first-order chi connectivity index (χ1) is 14.7. The molecule has 4 rings (SSSR count). The summed E-state index contributed by atoms with van der Waals surface area (Å²) < 4.78 is 33.7. The van der Waals surface area contributed by atoms with Gasteiger partial charge in [-0.3, -0.25) is 4.79 Å². The van der Waals surface area contributed by atoms with Gasteiger partial charge in [-0.1, -0.05) is 11.6 Å². The van der Waals surface area contributed by atoms with E-state index in [2.05, 4.69) is 16.5 Å². The maximum absolute atomic E-state index is 13.3. The summed E-state index contributed by atoms with van der Waals surface area (Å²) in [6, 6.07) is 6.82. The van der Waals surface area contributed by atoms with E-state index in [0.717, 1.165) is 5.56 Å². The van der Waals surface area contributed by atoms with Crippen molar-refractivity contribution in [3.63, 3.8) is 0 Å². The van der Waals surface area contributed by atoms with Crippen LogP contribution in [0.5, 0.6) is 0 Å². The number of nitrogens with zero attached hydrogens (tertiary/aromatic N) is 3. The fraction of sp³-hybridized carbons (Fsp3) is 0.476. The average Bonchev–Trinajstić information content (AvgIpc) is 3.15. The highest BCUT2D eigenvalue weighted by Crippen LogP contribution is 2.40. The molecule has 2 fully saturated rings. The molecule has 1 unspecified atom stereocenters. The molecule has 8 nitrogen and oxygen atoms in total. The minimum atomic E-state index is -3.79. The standard InChI is InChI=1S/C21H23ClN4O4S/c1-13-10-24-26(11-13)14-3-4-19(17(22)7-14)31(28,29)15-8-16(18(9-15)30-2)20(27)25-21(12-23)5-6-21/h3-4,7,10-11,15-16,18H,5-6,8-9H2,1-2H3,(H,25,27)/t15?,16-,18-/m0/s1. The van der Waals surface area contributed by atoms with Crippen LogP contribution in [0, 0.1) is 24.2 Å². The number of aromatic nitrogens is 2. The predicted molar refractivity (Wildman–Crippen MR) is 114 cm³/mol. The Morgan fingerprint density at radius 3 is 2.68 bits per heavy atom. The van der Waals surface area contributed by atoms with Gasteiger partial charge in [-0.05, 0) is 56.4 Å². The number of carbonyl (C=O) groups excluding carboxylic acids is 1. The Hall–Kier alpha value is -2.41. The monoisotopic (exact) mass is 462 g/mol. The van der Waals surface area contributed by atoms with Gasteiger partial charge in [0.05, 0.1) is 45.1 Å². The highest BCUT2D eigenvalue weighted by atomic mass is 35.5. The normalized spacial score (nSPS) is 24.5. The number of benzene rings is 1. The zero-order valence-electron chi connectivity index (χ0n) is 17.2. The molecule has 164 valence electrons. The van der Waals surface area contributed by atoms with Crippen LogP contribution in [-0.4, -0.2) is 48.1 Å². The number of rotatable bonds is 6. The van der Waals surface area contributed by atoms with E-state index in [4.69, 9.17) is 16.3 Å². The third-order valence-corrected chi connectivity index (χ3v) is 8.72. The Bertz CT molecular complexity index is 1170. The first-order valence-electron chi connectivity index (χ1n) is 10.0. The van der Waals surface area contributed by atoms with Crippen LogP contribution in [-0.2, 0) is 19.4 Å². The van der Waals surface area contributed by atoms with E-state index in [9.17, 15) is 18.5 Å². The summed E-state index contributed by atoms with van der Waals surface area (Å²) in [6.45, 7) is 1.91. The van der Waals surface area contributed by atoms with Crippen molar-refractivity contribution in [2.75, 3.05) is 7.11 Å². The maximum atomic E-state index is 13.3. The average molecular weight is 463 g/mol. The van der Waals surface area contributed by atoms with Crippen LogP contribution in [0.15, 0.2) is 35.5 Å². The van der Waals surface area contributed by atoms with Gasteiger partial charge in [0.2, 0.25) is 5.91 Å². The van der Waals surface area contributed by atoms with Gasteiger partial charge in [0.15, 0.2) is 9.84 Å². The van der Waals surface area contributed by atoms with Gasteiger partial charge >= 0.3 is 0 Å². The number of carbonyl (C=O) groups is 1. The number of halogens is 1. The molecular formula is C21H23ClN4O4S.